The molecule has 22 heavy (non-hydrogen) atoms. The van der Waals surface area contributed by atoms with Crippen LogP contribution in [0.3, 0.4) is 0 Å². The van der Waals surface area contributed by atoms with Crippen LogP contribution in [0.4, 0.5) is 5.69 Å². The van der Waals surface area contributed by atoms with Gasteiger partial charge >= 0.3 is 0 Å². The number of nitrogens with zero attached hydrogens (tertiary/aromatic N) is 1. The first-order valence-electron chi connectivity index (χ1n) is 7.82. The summed E-state index contributed by atoms with van der Waals surface area (Å²) in [6, 6.07) is 3.52. The van der Waals surface area contributed by atoms with Gasteiger partial charge in [-0.3, -0.25) is 14.6 Å². The van der Waals surface area contributed by atoms with Crippen LogP contribution in [0.2, 0.25) is 0 Å². The molecule has 2 amide bonds. The van der Waals surface area contributed by atoms with Crippen molar-refractivity contribution in [3.8, 4) is 0 Å². The third-order valence-corrected chi connectivity index (χ3v) is 3.62. The minimum atomic E-state index is -0.167. The molecule has 0 saturated heterocycles. The molecule has 0 aromatic carbocycles. The van der Waals surface area contributed by atoms with E-state index in [1.54, 1.807) is 24.5 Å². The summed E-state index contributed by atoms with van der Waals surface area (Å²) in [5.74, 6) is -0.318. The first-order valence-corrected chi connectivity index (χ1v) is 7.82. The van der Waals surface area contributed by atoms with Gasteiger partial charge in [0, 0.05) is 19.2 Å². The minimum absolute atomic E-state index is 0.0783. The third-order valence-electron chi connectivity index (χ3n) is 3.62. The summed E-state index contributed by atoms with van der Waals surface area (Å²) in [4.78, 5) is 27.2. The molecule has 0 bridgehead atoms. The number of anilines is 1. The summed E-state index contributed by atoms with van der Waals surface area (Å²) in [5, 5.41) is 5.41. The predicted octanol–water partition coefficient (Wildman–Crippen LogP) is 1.88. The Morgan fingerprint density at radius 1 is 1.23 bits per heavy atom. The highest BCUT2D eigenvalue weighted by molar-refractivity contribution is 5.90. The van der Waals surface area contributed by atoms with Crippen LogP contribution in [0.1, 0.15) is 38.5 Å². The van der Waals surface area contributed by atoms with Gasteiger partial charge in [-0.05, 0) is 25.0 Å². The van der Waals surface area contributed by atoms with E-state index in [0.29, 0.717) is 12.2 Å². The summed E-state index contributed by atoms with van der Waals surface area (Å²) in [6.45, 7) is 0.383. The molecule has 1 heterocycles. The number of carbonyl (C=O) groups is 2. The van der Waals surface area contributed by atoms with Crippen molar-refractivity contribution < 1.29 is 14.3 Å². The molecule has 1 saturated carbocycles. The quantitative estimate of drug-likeness (QED) is 0.806. The highest BCUT2D eigenvalue weighted by atomic mass is 16.5. The number of rotatable bonds is 7. The number of hydrogen-bond acceptors (Lipinski definition) is 4. The molecule has 0 atom stereocenters. The van der Waals surface area contributed by atoms with E-state index in [2.05, 4.69) is 15.6 Å². The Balaban J connectivity index is 1.55. The van der Waals surface area contributed by atoms with Crippen molar-refractivity contribution in [2.75, 3.05) is 18.5 Å². The minimum Gasteiger partial charge on any atom is -0.368 e. The van der Waals surface area contributed by atoms with Crippen LogP contribution in [-0.2, 0) is 14.3 Å². The van der Waals surface area contributed by atoms with E-state index in [4.69, 9.17) is 4.74 Å². The highest BCUT2D eigenvalue weighted by Gasteiger charge is 2.15. The number of nitrogens with one attached hydrogen (secondary N) is 2. The average molecular weight is 305 g/mol. The largest absolute Gasteiger partial charge is 0.368 e. The molecule has 6 heteroatoms. The zero-order valence-corrected chi connectivity index (χ0v) is 12.7. The maximum Gasteiger partial charge on any atom is 0.246 e. The molecule has 0 radical (unpaired) electrons. The van der Waals surface area contributed by atoms with Gasteiger partial charge in [-0.1, -0.05) is 19.3 Å². The number of hydrogen-bond donors (Lipinski definition) is 2. The normalized spacial score (nSPS) is 15.3. The lowest BCUT2D eigenvalue weighted by molar-refractivity contribution is -0.128. The number of aromatic nitrogens is 1. The van der Waals surface area contributed by atoms with Gasteiger partial charge in [0.05, 0.1) is 18.0 Å². The van der Waals surface area contributed by atoms with Crippen molar-refractivity contribution in [2.24, 2.45) is 0 Å². The van der Waals surface area contributed by atoms with Crippen LogP contribution in [0.15, 0.2) is 24.5 Å². The van der Waals surface area contributed by atoms with E-state index in [9.17, 15) is 9.59 Å². The van der Waals surface area contributed by atoms with Crippen molar-refractivity contribution in [3.63, 3.8) is 0 Å². The van der Waals surface area contributed by atoms with Gasteiger partial charge in [0.1, 0.15) is 6.61 Å². The summed E-state index contributed by atoms with van der Waals surface area (Å²) in [6.07, 6.45) is 9.37. The first-order chi connectivity index (χ1) is 10.7. The van der Waals surface area contributed by atoms with E-state index in [1.165, 1.54) is 19.3 Å². The molecule has 0 aliphatic heterocycles. The Bertz CT molecular complexity index is 473. The van der Waals surface area contributed by atoms with E-state index < -0.39 is 0 Å². The molecule has 2 rings (SSSR count). The van der Waals surface area contributed by atoms with E-state index in [1.807, 2.05) is 0 Å². The molecular weight excluding hydrogens is 282 g/mol. The maximum atomic E-state index is 11.7. The van der Waals surface area contributed by atoms with Crippen molar-refractivity contribution in [2.45, 2.75) is 44.6 Å². The topological polar surface area (TPSA) is 80.3 Å². The van der Waals surface area contributed by atoms with Gasteiger partial charge in [-0.25, -0.2) is 0 Å². The maximum absolute atomic E-state index is 11.7. The monoisotopic (exact) mass is 305 g/mol. The Hall–Kier alpha value is -1.95. The second-order valence-corrected chi connectivity index (χ2v) is 5.46. The predicted molar refractivity (Wildman–Crippen MR) is 83.3 cm³/mol. The van der Waals surface area contributed by atoms with Gasteiger partial charge < -0.3 is 15.4 Å². The van der Waals surface area contributed by atoms with Crippen LogP contribution in [0, 0.1) is 0 Å². The highest BCUT2D eigenvalue weighted by Crippen LogP contribution is 2.19. The molecule has 120 valence electrons. The summed E-state index contributed by atoms with van der Waals surface area (Å²) >= 11 is 0. The SMILES string of the molecule is O=C(COC1CCCCC1)NCCC(=O)Nc1cccnc1. The molecule has 1 fully saturated rings. The van der Waals surface area contributed by atoms with Crippen LogP contribution in [-0.4, -0.2) is 36.1 Å². The van der Waals surface area contributed by atoms with Crippen molar-refractivity contribution in [1.82, 2.24) is 10.3 Å². The van der Waals surface area contributed by atoms with Crippen molar-refractivity contribution in [1.29, 1.82) is 0 Å². The van der Waals surface area contributed by atoms with Crippen LogP contribution >= 0.6 is 0 Å². The standard InChI is InChI=1S/C16H23N3O3/c20-15(19-13-5-4-9-17-11-13)8-10-18-16(21)12-22-14-6-2-1-3-7-14/h4-5,9,11,14H,1-3,6-8,10,12H2,(H,18,21)(H,19,20). The molecular formula is C16H23N3O3. The Morgan fingerprint density at radius 2 is 2.05 bits per heavy atom. The fourth-order valence-electron chi connectivity index (χ4n) is 2.45. The van der Waals surface area contributed by atoms with E-state index in [-0.39, 0.29) is 30.9 Å². The van der Waals surface area contributed by atoms with Gasteiger partial charge in [-0.2, -0.15) is 0 Å². The average Bonchev–Trinajstić information content (AvgIpc) is 2.55. The summed E-state index contributed by atoms with van der Waals surface area (Å²) < 4.78 is 5.58. The Labute approximate surface area is 130 Å². The van der Waals surface area contributed by atoms with Gasteiger partial charge in [0.2, 0.25) is 11.8 Å². The summed E-state index contributed by atoms with van der Waals surface area (Å²) in [7, 11) is 0. The summed E-state index contributed by atoms with van der Waals surface area (Å²) in [5.41, 5.74) is 0.652. The van der Waals surface area contributed by atoms with Gasteiger partial charge in [0.15, 0.2) is 0 Å². The Morgan fingerprint density at radius 3 is 2.77 bits per heavy atom. The Kier molecular flexibility index (Phi) is 6.83. The van der Waals surface area contributed by atoms with Crippen molar-refractivity contribution >= 4 is 17.5 Å². The molecule has 1 aromatic rings. The number of ether oxygens (including phenoxy) is 1. The molecule has 0 unspecified atom stereocenters. The molecule has 0 spiro atoms. The zero-order chi connectivity index (χ0) is 15.6. The number of pyridine rings is 1. The smallest absolute Gasteiger partial charge is 0.246 e. The molecule has 2 N–H and O–H groups in total. The molecule has 1 aromatic heterocycles. The zero-order valence-electron chi connectivity index (χ0n) is 12.7. The number of amides is 2. The fraction of sp³-hybridized carbons (Fsp3) is 0.562. The van der Waals surface area contributed by atoms with Crippen molar-refractivity contribution in [3.05, 3.63) is 24.5 Å². The third kappa shape index (κ3) is 6.22. The fourth-order valence-corrected chi connectivity index (χ4v) is 2.45. The first kappa shape index (κ1) is 16.4. The van der Waals surface area contributed by atoms with Crippen LogP contribution in [0.5, 0.6) is 0 Å². The van der Waals surface area contributed by atoms with E-state index >= 15 is 0 Å². The van der Waals surface area contributed by atoms with E-state index in [0.717, 1.165) is 12.8 Å². The van der Waals surface area contributed by atoms with Crippen LogP contribution < -0.4 is 10.6 Å². The van der Waals surface area contributed by atoms with Gasteiger partial charge in [-0.15, -0.1) is 0 Å². The number of carbonyl (C=O) groups excluding carboxylic acids is 2. The lowest BCUT2D eigenvalue weighted by Crippen LogP contribution is -2.32. The molecule has 1 aliphatic rings. The second-order valence-electron chi connectivity index (χ2n) is 5.46. The second kappa shape index (κ2) is 9.15. The van der Waals surface area contributed by atoms with Crippen LogP contribution in [0.25, 0.3) is 0 Å². The lowest BCUT2D eigenvalue weighted by atomic mass is 9.98. The van der Waals surface area contributed by atoms with Gasteiger partial charge in [0.25, 0.3) is 0 Å². The lowest BCUT2D eigenvalue weighted by Gasteiger charge is -2.21. The molecule has 6 nitrogen and oxygen atoms in total. The molecule has 1 aliphatic carbocycles.